The molecule has 3 aliphatic rings. The molecule has 1 saturated heterocycles. The number of carbonyl (C=O) groups excluding carboxylic acids is 2. The summed E-state index contributed by atoms with van der Waals surface area (Å²) in [5.41, 5.74) is 1.71. The Hall–Kier alpha value is -2.28. The highest BCUT2D eigenvalue weighted by atomic mass is 32.1. The number of aromatic nitrogens is 2. The molecular formula is C22H25N3O3S. The van der Waals surface area contributed by atoms with E-state index in [9.17, 15) is 9.59 Å². The highest BCUT2D eigenvalue weighted by molar-refractivity contribution is 7.15. The Morgan fingerprint density at radius 1 is 1.28 bits per heavy atom. The van der Waals surface area contributed by atoms with Crippen molar-refractivity contribution in [2.24, 2.45) is 23.2 Å². The Morgan fingerprint density at radius 2 is 2.03 bits per heavy atom. The van der Waals surface area contributed by atoms with Crippen LogP contribution in [0.15, 0.2) is 24.5 Å². The molecule has 1 amide bonds. The molecule has 1 aliphatic heterocycles. The first-order valence-electron chi connectivity index (χ1n) is 10.3. The lowest BCUT2D eigenvalue weighted by Gasteiger charge is -2.51. The maximum absolute atomic E-state index is 12.5. The number of hydrogen-bond donors (Lipinski definition) is 1. The molecule has 2 aliphatic carbocycles. The van der Waals surface area contributed by atoms with Crippen molar-refractivity contribution in [1.29, 1.82) is 0 Å². The van der Waals surface area contributed by atoms with Crippen molar-refractivity contribution in [1.82, 2.24) is 9.97 Å². The van der Waals surface area contributed by atoms with Crippen molar-refractivity contribution in [3.8, 4) is 0 Å². The summed E-state index contributed by atoms with van der Waals surface area (Å²) in [5, 5.41) is 3.58. The number of esters is 1. The van der Waals surface area contributed by atoms with E-state index in [1.165, 1.54) is 4.88 Å². The fraction of sp³-hybridized carbons (Fsp3) is 0.545. The van der Waals surface area contributed by atoms with Crippen LogP contribution in [-0.2, 0) is 16.0 Å². The molecule has 2 fully saturated rings. The minimum atomic E-state index is -0.173. The second kappa shape index (κ2) is 6.62. The average molecular weight is 412 g/mol. The van der Waals surface area contributed by atoms with Gasteiger partial charge in [0.15, 0.2) is 5.13 Å². The smallest absolute Gasteiger partial charge is 0.309 e. The lowest BCUT2D eigenvalue weighted by Crippen LogP contribution is -2.50. The zero-order valence-corrected chi connectivity index (χ0v) is 17.7. The molecule has 29 heavy (non-hydrogen) atoms. The zero-order valence-electron chi connectivity index (χ0n) is 16.8. The highest BCUT2D eigenvalue weighted by Crippen LogP contribution is 2.59. The van der Waals surface area contributed by atoms with Crippen molar-refractivity contribution in [3.05, 3.63) is 40.7 Å². The van der Waals surface area contributed by atoms with Crippen molar-refractivity contribution in [2.75, 3.05) is 5.32 Å². The van der Waals surface area contributed by atoms with Crippen LogP contribution < -0.4 is 5.32 Å². The zero-order chi connectivity index (χ0) is 20.3. The molecule has 3 heterocycles. The SMILES string of the molecule is C[C@@H]1C(=O)O[C@H]2[C@H]1CC[C@]1(C)Cc3sc(NC(=O)c4ccncc4)nc3[C@@H](C)[C@H]21. The predicted octanol–water partition coefficient (Wildman–Crippen LogP) is 4.04. The average Bonchev–Trinajstić information content (AvgIpc) is 3.22. The third kappa shape index (κ3) is 2.89. The highest BCUT2D eigenvalue weighted by Gasteiger charge is 2.58. The molecular weight excluding hydrogens is 386 g/mol. The van der Waals surface area contributed by atoms with Gasteiger partial charge in [-0.1, -0.05) is 20.8 Å². The maximum atomic E-state index is 12.5. The summed E-state index contributed by atoms with van der Waals surface area (Å²) in [6.45, 7) is 6.54. The molecule has 0 radical (unpaired) electrons. The monoisotopic (exact) mass is 411 g/mol. The van der Waals surface area contributed by atoms with Gasteiger partial charge in [0.1, 0.15) is 6.10 Å². The van der Waals surface area contributed by atoms with Crippen LogP contribution in [0.5, 0.6) is 0 Å². The number of fused-ring (bicyclic) bond motifs is 4. The van der Waals surface area contributed by atoms with Crippen LogP contribution in [0, 0.1) is 23.2 Å². The fourth-order valence-corrected chi connectivity index (χ4v) is 7.06. The number of carbonyl (C=O) groups is 2. The van der Waals surface area contributed by atoms with E-state index in [0.717, 1.165) is 25.0 Å². The topological polar surface area (TPSA) is 81.2 Å². The van der Waals surface area contributed by atoms with Crippen LogP contribution in [0.3, 0.4) is 0 Å². The van der Waals surface area contributed by atoms with Gasteiger partial charge in [0.05, 0.1) is 11.6 Å². The number of nitrogens with zero attached hydrogens (tertiary/aromatic N) is 2. The number of thiazole rings is 1. The van der Waals surface area contributed by atoms with E-state index in [1.54, 1.807) is 35.9 Å². The number of amides is 1. The van der Waals surface area contributed by atoms with Crippen LogP contribution in [-0.4, -0.2) is 27.9 Å². The Balaban J connectivity index is 1.44. The number of anilines is 1. The molecule has 6 nitrogen and oxygen atoms in total. The van der Waals surface area contributed by atoms with Crippen molar-refractivity contribution >= 4 is 28.3 Å². The summed E-state index contributed by atoms with van der Waals surface area (Å²) in [7, 11) is 0. The van der Waals surface area contributed by atoms with E-state index in [1.807, 2.05) is 6.92 Å². The number of nitrogens with one attached hydrogen (secondary N) is 1. The lowest BCUT2D eigenvalue weighted by molar-refractivity contribution is -0.149. The summed E-state index contributed by atoms with van der Waals surface area (Å²) in [4.78, 5) is 34.8. The summed E-state index contributed by atoms with van der Waals surface area (Å²) < 4.78 is 5.89. The Labute approximate surface area is 174 Å². The molecule has 1 N–H and O–H groups in total. The molecule has 0 bridgehead atoms. The van der Waals surface area contributed by atoms with Gasteiger partial charge < -0.3 is 4.74 Å². The molecule has 0 unspecified atom stereocenters. The van der Waals surface area contributed by atoms with E-state index in [0.29, 0.717) is 16.6 Å². The second-order valence-electron chi connectivity index (χ2n) is 9.06. The number of hydrogen-bond acceptors (Lipinski definition) is 6. The molecule has 7 heteroatoms. The van der Waals surface area contributed by atoms with Gasteiger partial charge in [0.25, 0.3) is 5.91 Å². The molecule has 1 saturated carbocycles. The number of rotatable bonds is 2. The van der Waals surface area contributed by atoms with Crippen LogP contribution in [0.4, 0.5) is 5.13 Å². The van der Waals surface area contributed by atoms with E-state index in [2.05, 4.69) is 24.1 Å². The van der Waals surface area contributed by atoms with Gasteiger partial charge in [0.2, 0.25) is 0 Å². The molecule has 5 rings (SSSR count). The van der Waals surface area contributed by atoms with Crippen LogP contribution in [0.25, 0.3) is 0 Å². The normalized spacial score (nSPS) is 35.3. The van der Waals surface area contributed by atoms with Crippen molar-refractivity contribution in [3.63, 3.8) is 0 Å². The second-order valence-corrected chi connectivity index (χ2v) is 10.1. The first-order valence-corrected chi connectivity index (χ1v) is 11.1. The summed E-state index contributed by atoms with van der Waals surface area (Å²) in [5.74, 6) is 0.545. The van der Waals surface area contributed by atoms with Crippen LogP contribution in [0.2, 0.25) is 0 Å². The first kappa shape index (κ1) is 18.7. The Bertz CT molecular complexity index is 975. The summed E-state index contributed by atoms with van der Waals surface area (Å²) >= 11 is 1.58. The molecule has 0 spiro atoms. The Morgan fingerprint density at radius 3 is 2.79 bits per heavy atom. The summed E-state index contributed by atoms with van der Waals surface area (Å²) in [6, 6.07) is 3.38. The minimum Gasteiger partial charge on any atom is -0.461 e. The van der Waals surface area contributed by atoms with Crippen LogP contribution >= 0.6 is 11.3 Å². The van der Waals surface area contributed by atoms with Crippen LogP contribution in [0.1, 0.15) is 60.5 Å². The van der Waals surface area contributed by atoms with E-state index < -0.39 is 0 Å². The molecule has 2 aromatic rings. The summed E-state index contributed by atoms with van der Waals surface area (Å²) in [6.07, 6.45) is 6.26. The molecule has 2 aromatic heterocycles. The van der Waals surface area contributed by atoms with E-state index >= 15 is 0 Å². The third-order valence-corrected chi connectivity index (χ3v) is 8.31. The first-order chi connectivity index (χ1) is 13.9. The quantitative estimate of drug-likeness (QED) is 0.754. The third-order valence-electron chi connectivity index (χ3n) is 7.32. The predicted molar refractivity (Wildman–Crippen MR) is 110 cm³/mol. The molecule has 152 valence electrons. The van der Waals surface area contributed by atoms with Gasteiger partial charge in [-0.3, -0.25) is 19.9 Å². The van der Waals surface area contributed by atoms with E-state index in [-0.39, 0.29) is 41.1 Å². The lowest BCUT2D eigenvalue weighted by atomic mass is 9.54. The van der Waals surface area contributed by atoms with E-state index in [4.69, 9.17) is 9.72 Å². The molecule has 0 aromatic carbocycles. The maximum Gasteiger partial charge on any atom is 0.309 e. The minimum absolute atomic E-state index is 0.0104. The fourth-order valence-electron chi connectivity index (χ4n) is 5.80. The van der Waals surface area contributed by atoms with Gasteiger partial charge in [-0.2, -0.15) is 0 Å². The van der Waals surface area contributed by atoms with Gasteiger partial charge in [-0.25, -0.2) is 4.98 Å². The van der Waals surface area contributed by atoms with Gasteiger partial charge >= 0.3 is 5.97 Å². The van der Waals surface area contributed by atoms with Gasteiger partial charge in [0, 0.05) is 40.6 Å². The number of pyridine rings is 1. The number of ether oxygens (including phenoxy) is 1. The van der Waals surface area contributed by atoms with Gasteiger partial charge in [-0.15, -0.1) is 11.3 Å². The molecule has 6 atom stereocenters. The van der Waals surface area contributed by atoms with Crippen molar-refractivity contribution in [2.45, 2.75) is 52.1 Å². The van der Waals surface area contributed by atoms with Crippen molar-refractivity contribution < 1.29 is 14.3 Å². The largest absolute Gasteiger partial charge is 0.461 e. The standard InChI is InChI=1S/C22H25N3O3S/c1-11-14-4-7-22(3)10-15-17(12(2)16(22)18(14)28-20(11)27)24-21(29-15)25-19(26)13-5-8-23-9-6-13/h5-6,8-9,11-12,14,16,18H,4,7,10H2,1-3H3,(H,24,25,26)/t11-,12-,14-,16+,18-,22+/m0/s1. The van der Waals surface area contributed by atoms with Gasteiger partial charge in [-0.05, 0) is 36.8 Å². The Kier molecular flexibility index (Phi) is 4.28.